The predicted octanol–water partition coefficient (Wildman–Crippen LogP) is 3.42. The maximum absolute atomic E-state index is 14.0. The molecule has 2 rings (SSSR count). The Hall–Kier alpha value is -1.49. The third-order valence-electron chi connectivity index (χ3n) is 4.82. The van der Waals surface area contributed by atoms with Gasteiger partial charge in [-0.3, -0.25) is 9.80 Å². The third kappa shape index (κ3) is 3.19. The number of hydrazine groups is 1. The number of aliphatic hydroxyl groups excluding tert-OH is 1. The summed E-state index contributed by atoms with van der Waals surface area (Å²) in [5, 5.41) is 13.2. The number of amides is 1. The van der Waals surface area contributed by atoms with Gasteiger partial charge < -0.3 is 8.17 Å². The number of carbonyl (C=O) groups excluding carboxylic acids is 2. The van der Waals surface area contributed by atoms with Gasteiger partial charge >= 0.3 is 5.97 Å². The van der Waals surface area contributed by atoms with Gasteiger partial charge in [-0.15, -0.1) is 0 Å². The number of allylic oxidation sites excluding steroid dienone is 2. The van der Waals surface area contributed by atoms with Gasteiger partial charge in [-0.05, 0) is 33.1 Å². The molecule has 0 atom stereocenters. The van der Waals surface area contributed by atoms with Gasteiger partial charge in [-0.25, -0.2) is 18.6 Å². The summed E-state index contributed by atoms with van der Waals surface area (Å²) in [5.74, 6) is -4.16. The Bertz CT molecular complexity index is 694. The van der Waals surface area contributed by atoms with Crippen LogP contribution in [0.4, 0.5) is 8.78 Å². The maximum Gasteiger partial charge on any atom is 0.356 e. The molecular formula is C16H19F2IN2O4. The van der Waals surface area contributed by atoms with E-state index in [1.165, 1.54) is 41.0 Å². The summed E-state index contributed by atoms with van der Waals surface area (Å²) >= 11 is 1.33. The van der Waals surface area contributed by atoms with E-state index in [2.05, 4.69) is 3.07 Å². The Balaban J connectivity index is 2.48. The van der Waals surface area contributed by atoms with Gasteiger partial charge in [0.25, 0.3) is 5.91 Å². The quantitative estimate of drug-likeness (QED) is 0.389. The van der Waals surface area contributed by atoms with Crippen molar-refractivity contribution in [3.63, 3.8) is 0 Å². The molecule has 1 saturated carbocycles. The monoisotopic (exact) mass is 468 g/mol. The standard InChI is InChI=1S/C16H19F2IN2O4/c1-4-10(12(18)9(2)17)8-21-14(23)11(15(24)25-19)13(22)16(20(21)3)6-5-7-16/h4,22H,5-8H2,1-3H3/b10-4-,12-9-. The van der Waals surface area contributed by atoms with Gasteiger partial charge in [0.1, 0.15) is 11.6 Å². The summed E-state index contributed by atoms with van der Waals surface area (Å²) in [6, 6.07) is 0. The molecule has 0 aromatic rings. The first-order valence-corrected chi connectivity index (χ1v) is 8.59. The Morgan fingerprint density at radius 2 is 2.04 bits per heavy atom. The molecule has 0 radical (unpaired) electrons. The molecule has 25 heavy (non-hydrogen) atoms. The van der Waals surface area contributed by atoms with Crippen LogP contribution < -0.4 is 0 Å². The minimum absolute atomic E-state index is 0.0294. The van der Waals surface area contributed by atoms with Gasteiger partial charge in [0.05, 0.1) is 12.1 Å². The highest BCUT2D eigenvalue weighted by atomic mass is 127. The summed E-state index contributed by atoms with van der Waals surface area (Å²) in [6.07, 6.45) is 3.23. The Kier molecular flexibility index (Phi) is 5.87. The number of rotatable bonds is 4. The highest BCUT2D eigenvalue weighted by Crippen LogP contribution is 2.46. The molecule has 0 unspecified atom stereocenters. The Labute approximate surface area is 158 Å². The third-order valence-corrected chi connectivity index (χ3v) is 5.22. The van der Waals surface area contributed by atoms with Crippen LogP contribution in [-0.2, 0) is 12.7 Å². The molecule has 6 nitrogen and oxygen atoms in total. The van der Waals surface area contributed by atoms with Crippen LogP contribution in [0, 0.1) is 0 Å². The second-order valence-corrected chi connectivity index (χ2v) is 6.46. The molecule has 0 aromatic heterocycles. The average Bonchev–Trinajstić information content (AvgIpc) is 2.52. The van der Waals surface area contributed by atoms with Crippen molar-refractivity contribution in [1.29, 1.82) is 0 Å². The van der Waals surface area contributed by atoms with Gasteiger partial charge in [-0.2, -0.15) is 0 Å². The highest BCUT2D eigenvalue weighted by molar-refractivity contribution is 14.1. The molecule has 0 saturated heterocycles. The molecule has 2 aliphatic rings. The number of hydrogen-bond acceptors (Lipinski definition) is 5. The first kappa shape index (κ1) is 19.8. The van der Waals surface area contributed by atoms with E-state index in [1.807, 2.05) is 0 Å². The molecule has 9 heteroatoms. The fourth-order valence-electron chi connectivity index (χ4n) is 3.13. The summed E-state index contributed by atoms with van der Waals surface area (Å²) < 4.78 is 31.8. The topological polar surface area (TPSA) is 70.1 Å². The van der Waals surface area contributed by atoms with Crippen molar-refractivity contribution in [2.24, 2.45) is 0 Å². The summed E-state index contributed by atoms with van der Waals surface area (Å²) in [7, 11) is 1.58. The fourth-order valence-corrected chi connectivity index (χ4v) is 3.35. The number of carbonyl (C=O) groups is 2. The second-order valence-electron chi connectivity index (χ2n) is 6.02. The van der Waals surface area contributed by atoms with Crippen LogP contribution in [-0.4, -0.2) is 46.1 Å². The maximum atomic E-state index is 14.0. The van der Waals surface area contributed by atoms with Crippen LogP contribution in [0.1, 0.15) is 33.1 Å². The lowest BCUT2D eigenvalue weighted by molar-refractivity contribution is -0.169. The zero-order valence-corrected chi connectivity index (χ0v) is 16.3. The summed E-state index contributed by atoms with van der Waals surface area (Å²) in [5.41, 5.74) is -1.40. The van der Waals surface area contributed by atoms with Crippen molar-refractivity contribution in [2.45, 2.75) is 38.6 Å². The van der Waals surface area contributed by atoms with Gasteiger partial charge in [0.2, 0.25) is 0 Å². The van der Waals surface area contributed by atoms with Crippen molar-refractivity contribution in [3.05, 3.63) is 34.6 Å². The predicted molar refractivity (Wildman–Crippen MR) is 94.5 cm³/mol. The van der Waals surface area contributed by atoms with Crippen LogP contribution >= 0.6 is 23.0 Å². The van der Waals surface area contributed by atoms with E-state index in [0.29, 0.717) is 12.8 Å². The van der Waals surface area contributed by atoms with Crippen molar-refractivity contribution >= 4 is 34.9 Å². The normalized spacial score (nSPS) is 22.1. The lowest BCUT2D eigenvalue weighted by Gasteiger charge is -2.54. The van der Waals surface area contributed by atoms with Crippen LogP contribution in [0.25, 0.3) is 0 Å². The Morgan fingerprint density at radius 3 is 2.44 bits per heavy atom. The van der Waals surface area contributed by atoms with Crippen LogP contribution in [0.5, 0.6) is 0 Å². The minimum atomic E-state index is -1.05. The summed E-state index contributed by atoms with van der Waals surface area (Å²) in [6.45, 7) is 2.24. The van der Waals surface area contributed by atoms with E-state index in [4.69, 9.17) is 0 Å². The highest BCUT2D eigenvalue weighted by Gasteiger charge is 2.55. The van der Waals surface area contributed by atoms with E-state index >= 15 is 0 Å². The molecular weight excluding hydrogens is 449 g/mol. The zero-order chi connectivity index (χ0) is 18.9. The van der Waals surface area contributed by atoms with Crippen molar-refractivity contribution < 1.29 is 26.5 Å². The zero-order valence-electron chi connectivity index (χ0n) is 14.1. The van der Waals surface area contributed by atoms with Gasteiger partial charge in [0, 0.05) is 12.6 Å². The first-order chi connectivity index (χ1) is 11.7. The Morgan fingerprint density at radius 1 is 1.44 bits per heavy atom. The molecule has 138 valence electrons. The molecule has 0 bridgehead atoms. The molecule has 1 heterocycles. The molecule has 1 aliphatic carbocycles. The SMILES string of the molecule is C/C=C(CN1C(=O)C(C(=O)OI)=C(O)C2(CCC2)N1C)\C(F)=C(/C)F. The first-order valence-electron chi connectivity index (χ1n) is 7.71. The van der Waals surface area contributed by atoms with E-state index < -0.39 is 34.6 Å². The fraction of sp³-hybridized carbons (Fsp3) is 0.500. The molecule has 1 fully saturated rings. The van der Waals surface area contributed by atoms with E-state index in [9.17, 15) is 23.5 Å². The van der Waals surface area contributed by atoms with Crippen LogP contribution in [0.15, 0.2) is 34.6 Å². The number of likely N-dealkylation sites (N-methyl/N-ethyl adjacent to an activating group) is 1. The molecule has 1 spiro atoms. The average molecular weight is 468 g/mol. The number of hydrogen-bond donors (Lipinski definition) is 1. The lowest BCUT2D eigenvalue weighted by atomic mass is 9.72. The van der Waals surface area contributed by atoms with E-state index in [0.717, 1.165) is 18.4 Å². The van der Waals surface area contributed by atoms with Gasteiger partial charge in [0.15, 0.2) is 34.4 Å². The van der Waals surface area contributed by atoms with E-state index in [-0.39, 0.29) is 17.9 Å². The smallest absolute Gasteiger partial charge is 0.356 e. The molecule has 1 amide bonds. The van der Waals surface area contributed by atoms with Crippen LogP contribution in [0.3, 0.4) is 0 Å². The second kappa shape index (κ2) is 7.40. The van der Waals surface area contributed by atoms with Crippen molar-refractivity contribution in [3.8, 4) is 0 Å². The van der Waals surface area contributed by atoms with Crippen LogP contribution in [0.2, 0.25) is 0 Å². The number of halogens is 3. The molecule has 1 N–H and O–H groups in total. The van der Waals surface area contributed by atoms with Crippen molar-refractivity contribution in [1.82, 2.24) is 10.0 Å². The molecule has 1 aliphatic heterocycles. The van der Waals surface area contributed by atoms with E-state index in [1.54, 1.807) is 7.05 Å². The largest absolute Gasteiger partial charge is 0.509 e. The van der Waals surface area contributed by atoms with Gasteiger partial charge in [-0.1, -0.05) is 6.08 Å². The minimum Gasteiger partial charge on any atom is -0.509 e. The lowest BCUT2D eigenvalue weighted by Crippen LogP contribution is -2.66. The summed E-state index contributed by atoms with van der Waals surface area (Å²) in [4.78, 5) is 24.7. The molecule has 0 aromatic carbocycles. The number of aliphatic hydroxyl groups is 1. The van der Waals surface area contributed by atoms with Crippen molar-refractivity contribution in [2.75, 3.05) is 13.6 Å². The number of nitrogens with zero attached hydrogens (tertiary/aromatic N) is 2.